The fraction of sp³-hybridized carbons (Fsp3) is 0.333. The zero-order chi connectivity index (χ0) is 12.5. The lowest BCUT2D eigenvalue weighted by molar-refractivity contribution is -0.114. The molecule has 0 aliphatic heterocycles. The summed E-state index contributed by atoms with van der Waals surface area (Å²) >= 11 is 0. The first-order chi connectivity index (χ1) is 7.40. The largest absolute Gasteiger partial charge is 0.496 e. The van der Waals surface area contributed by atoms with E-state index in [1.54, 1.807) is 20.1 Å². The van der Waals surface area contributed by atoms with Crippen LogP contribution in [-0.4, -0.2) is 18.8 Å². The molecule has 4 heteroatoms. The second-order valence-electron chi connectivity index (χ2n) is 3.72. The zero-order valence-corrected chi connectivity index (χ0v) is 9.88. The van der Waals surface area contributed by atoms with Gasteiger partial charge in [-0.05, 0) is 43.5 Å². The SMILES string of the molecule is COc1c(C)cc(C(=O)C(N)=O)c(C)c1C. The van der Waals surface area contributed by atoms with E-state index in [1.807, 2.05) is 13.8 Å². The van der Waals surface area contributed by atoms with E-state index < -0.39 is 11.7 Å². The number of benzene rings is 1. The van der Waals surface area contributed by atoms with Crippen LogP contribution in [0.5, 0.6) is 5.75 Å². The predicted molar refractivity (Wildman–Crippen MR) is 60.7 cm³/mol. The molecule has 0 spiro atoms. The van der Waals surface area contributed by atoms with Gasteiger partial charge in [-0.15, -0.1) is 0 Å². The number of amides is 1. The average molecular weight is 221 g/mol. The Labute approximate surface area is 94.4 Å². The Bertz CT molecular complexity index is 464. The van der Waals surface area contributed by atoms with Gasteiger partial charge in [0.2, 0.25) is 5.78 Å². The number of rotatable bonds is 3. The summed E-state index contributed by atoms with van der Waals surface area (Å²) in [5.41, 5.74) is 7.73. The molecule has 0 saturated heterocycles. The van der Waals surface area contributed by atoms with Crippen LogP contribution in [0, 0.1) is 20.8 Å². The van der Waals surface area contributed by atoms with Crippen LogP contribution in [0.15, 0.2) is 6.07 Å². The Hall–Kier alpha value is -1.84. The predicted octanol–water partition coefficient (Wildman–Crippen LogP) is 1.29. The molecule has 0 atom stereocenters. The summed E-state index contributed by atoms with van der Waals surface area (Å²) in [5, 5.41) is 0. The van der Waals surface area contributed by atoms with E-state index in [2.05, 4.69) is 0 Å². The number of ketones is 1. The zero-order valence-electron chi connectivity index (χ0n) is 9.88. The van der Waals surface area contributed by atoms with Crippen molar-refractivity contribution < 1.29 is 14.3 Å². The molecule has 1 aromatic carbocycles. The summed E-state index contributed by atoms with van der Waals surface area (Å²) in [6.07, 6.45) is 0. The standard InChI is InChI=1S/C12H15NO3/c1-6-5-9(10(14)12(13)15)7(2)8(3)11(6)16-4/h5H,1-4H3,(H2,13,15). The average Bonchev–Trinajstić information content (AvgIpc) is 2.23. The van der Waals surface area contributed by atoms with Gasteiger partial charge < -0.3 is 10.5 Å². The van der Waals surface area contributed by atoms with E-state index in [9.17, 15) is 9.59 Å². The first-order valence-electron chi connectivity index (χ1n) is 4.89. The molecule has 1 rings (SSSR count). The van der Waals surface area contributed by atoms with Crippen LogP contribution < -0.4 is 10.5 Å². The number of hydrogen-bond acceptors (Lipinski definition) is 3. The van der Waals surface area contributed by atoms with Crippen molar-refractivity contribution in [1.82, 2.24) is 0 Å². The van der Waals surface area contributed by atoms with Crippen LogP contribution in [0.4, 0.5) is 0 Å². The van der Waals surface area contributed by atoms with Crippen molar-refractivity contribution in [3.8, 4) is 5.75 Å². The van der Waals surface area contributed by atoms with Crippen LogP contribution in [-0.2, 0) is 4.79 Å². The molecular weight excluding hydrogens is 206 g/mol. The van der Waals surface area contributed by atoms with Crippen molar-refractivity contribution in [2.75, 3.05) is 7.11 Å². The van der Waals surface area contributed by atoms with Gasteiger partial charge in [0.15, 0.2) is 0 Å². The van der Waals surface area contributed by atoms with Gasteiger partial charge in [-0.3, -0.25) is 9.59 Å². The lowest BCUT2D eigenvalue weighted by Gasteiger charge is -2.14. The molecule has 0 radical (unpaired) electrons. The van der Waals surface area contributed by atoms with E-state index in [0.29, 0.717) is 5.56 Å². The second kappa shape index (κ2) is 4.35. The summed E-state index contributed by atoms with van der Waals surface area (Å²) in [6, 6.07) is 1.63. The maximum absolute atomic E-state index is 11.6. The summed E-state index contributed by atoms with van der Waals surface area (Å²) in [5.74, 6) is -0.864. The van der Waals surface area contributed by atoms with Crippen LogP contribution in [0.25, 0.3) is 0 Å². The van der Waals surface area contributed by atoms with Gasteiger partial charge in [-0.1, -0.05) is 0 Å². The highest BCUT2D eigenvalue weighted by atomic mass is 16.5. The van der Waals surface area contributed by atoms with Gasteiger partial charge in [0.25, 0.3) is 5.91 Å². The molecular formula is C12H15NO3. The Balaban J connectivity index is 3.45. The minimum Gasteiger partial charge on any atom is -0.496 e. The highest BCUT2D eigenvalue weighted by Crippen LogP contribution is 2.28. The van der Waals surface area contributed by atoms with Crippen molar-refractivity contribution in [3.63, 3.8) is 0 Å². The molecule has 1 aromatic rings. The van der Waals surface area contributed by atoms with Gasteiger partial charge >= 0.3 is 0 Å². The molecule has 0 unspecified atom stereocenters. The molecule has 0 aliphatic carbocycles. The molecule has 4 nitrogen and oxygen atoms in total. The molecule has 0 bridgehead atoms. The smallest absolute Gasteiger partial charge is 0.289 e. The summed E-state index contributed by atoms with van der Waals surface area (Å²) < 4.78 is 5.22. The first-order valence-corrected chi connectivity index (χ1v) is 4.89. The lowest BCUT2D eigenvalue weighted by Crippen LogP contribution is -2.24. The van der Waals surface area contributed by atoms with Crippen molar-refractivity contribution in [2.24, 2.45) is 5.73 Å². The minimum atomic E-state index is -0.938. The number of hydrogen-bond donors (Lipinski definition) is 1. The monoisotopic (exact) mass is 221 g/mol. The molecule has 0 aliphatic rings. The van der Waals surface area contributed by atoms with Crippen LogP contribution >= 0.6 is 0 Å². The number of carbonyl (C=O) groups excluding carboxylic acids is 2. The highest BCUT2D eigenvalue weighted by Gasteiger charge is 2.19. The molecule has 0 fully saturated rings. The van der Waals surface area contributed by atoms with Crippen molar-refractivity contribution in [3.05, 3.63) is 28.3 Å². The summed E-state index contributed by atoms with van der Waals surface area (Å²) in [7, 11) is 1.57. The number of aryl methyl sites for hydroxylation is 1. The fourth-order valence-electron chi connectivity index (χ4n) is 1.74. The van der Waals surface area contributed by atoms with Crippen LogP contribution in [0.2, 0.25) is 0 Å². The van der Waals surface area contributed by atoms with Crippen molar-refractivity contribution in [2.45, 2.75) is 20.8 Å². The quantitative estimate of drug-likeness (QED) is 0.617. The lowest BCUT2D eigenvalue weighted by atomic mass is 9.96. The number of primary amides is 1. The normalized spacial score (nSPS) is 10.0. The number of carbonyl (C=O) groups is 2. The Morgan fingerprint density at radius 3 is 2.19 bits per heavy atom. The minimum absolute atomic E-state index is 0.350. The van der Waals surface area contributed by atoms with Gasteiger partial charge in [0.05, 0.1) is 7.11 Å². The third kappa shape index (κ3) is 1.91. The summed E-state index contributed by atoms with van der Waals surface area (Å²) in [6.45, 7) is 5.44. The molecule has 0 saturated carbocycles. The number of Topliss-reactive ketones (excluding diaryl/α,β-unsaturated/α-hetero) is 1. The van der Waals surface area contributed by atoms with Gasteiger partial charge in [0.1, 0.15) is 5.75 Å². The number of ether oxygens (including phenoxy) is 1. The van der Waals surface area contributed by atoms with Gasteiger partial charge in [-0.25, -0.2) is 0 Å². The second-order valence-corrected chi connectivity index (χ2v) is 3.72. The highest BCUT2D eigenvalue weighted by molar-refractivity contribution is 6.42. The maximum atomic E-state index is 11.6. The van der Waals surface area contributed by atoms with Crippen molar-refractivity contribution in [1.29, 1.82) is 0 Å². The van der Waals surface area contributed by atoms with E-state index in [0.717, 1.165) is 22.4 Å². The van der Waals surface area contributed by atoms with Crippen molar-refractivity contribution >= 4 is 11.7 Å². The summed E-state index contributed by atoms with van der Waals surface area (Å²) in [4.78, 5) is 22.4. The maximum Gasteiger partial charge on any atom is 0.289 e. The van der Waals surface area contributed by atoms with Gasteiger partial charge in [-0.2, -0.15) is 0 Å². The third-order valence-corrected chi connectivity index (χ3v) is 2.70. The van der Waals surface area contributed by atoms with Crippen LogP contribution in [0.3, 0.4) is 0 Å². The molecule has 86 valence electrons. The number of methoxy groups -OCH3 is 1. The topological polar surface area (TPSA) is 69.4 Å². The first kappa shape index (κ1) is 12.2. The van der Waals surface area contributed by atoms with Crippen LogP contribution in [0.1, 0.15) is 27.0 Å². The Morgan fingerprint density at radius 2 is 1.75 bits per heavy atom. The fourth-order valence-corrected chi connectivity index (χ4v) is 1.74. The van der Waals surface area contributed by atoms with Gasteiger partial charge in [0, 0.05) is 5.56 Å². The molecule has 0 aromatic heterocycles. The van der Waals surface area contributed by atoms with E-state index in [-0.39, 0.29) is 0 Å². The Morgan fingerprint density at radius 1 is 1.19 bits per heavy atom. The van der Waals surface area contributed by atoms with E-state index in [1.165, 1.54) is 0 Å². The number of nitrogens with two attached hydrogens (primary N) is 1. The third-order valence-electron chi connectivity index (χ3n) is 2.70. The van der Waals surface area contributed by atoms with E-state index in [4.69, 9.17) is 10.5 Å². The molecule has 1 amide bonds. The van der Waals surface area contributed by atoms with E-state index >= 15 is 0 Å². The Kier molecular flexibility index (Phi) is 3.32. The molecule has 0 heterocycles. The molecule has 2 N–H and O–H groups in total. The molecule has 16 heavy (non-hydrogen) atoms.